The van der Waals surface area contributed by atoms with Crippen LogP contribution in [0.2, 0.25) is 0 Å². The first-order chi connectivity index (χ1) is 8.16. The molecule has 0 spiro atoms. The molecule has 0 aliphatic heterocycles. The maximum atomic E-state index is 12.7. The quantitative estimate of drug-likeness (QED) is 0.881. The molecule has 1 aromatic rings. The van der Waals surface area contributed by atoms with Crippen LogP contribution < -0.4 is 10.1 Å². The lowest BCUT2D eigenvalue weighted by Crippen LogP contribution is -2.37. The van der Waals surface area contributed by atoms with Gasteiger partial charge in [-0.3, -0.25) is 0 Å². The Morgan fingerprint density at radius 2 is 1.89 bits per heavy atom. The molecule has 102 valence electrons. The Kier molecular flexibility index (Phi) is 4.62. The zero-order chi connectivity index (χ0) is 13.8. The van der Waals surface area contributed by atoms with Crippen LogP contribution in [0.3, 0.4) is 0 Å². The van der Waals surface area contributed by atoms with Gasteiger partial charge in [-0.1, -0.05) is 6.07 Å². The highest BCUT2D eigenvalue weighted by molar-refractivity contribution is 5.16. The maximum absolute atomic E-state index is 12.7. The van der Waals surface area contributed by atoms with Crippen LogP contribution in [0, 0.1) is 0 Å². The molecule has 0 bridgehead atoms. The van der Waals surface area contributed by atoms with Crippen LogP contribution in [0.1, 0.15) is 33.4 Å². The molecule has 0 aromatic carbocycles. The van der Waals surface area contributed by atoms with Crippen molar-refractivity contribution in [2.24, 2.45) is 0 Å². The molecular weight excluding hydrogens is 238 g/mol. The number of ether oxygens (including phenoxy) is 1. The molecule has 0 aliphatic carbocycles. The summed E-state index contributed by atoms with van der Waals surface area (Å²) in [6.07, 6.45) is -2.53. The van der Waals surface area contributed by atoms with Gasteiger partial charge in [-0.25, -0.2) is 4.98 Å². The van der Waals surface area contributed by atoms with Crippen molar-refractivity contribution in [3.05, 3.63) is 23.9 Å². The summed E-state index contributed by atoms with van der Waals surface area (Å²) in [5.41, 5.74) is 0.762. The van der Waals surface area contributed by atoms with Gasteiger partial charge in [-0.2, -0.15) is 8.78 Å². The minimum atomic E-state index is -3.20. The third-order valence-electron chi connectivity index (χ3n) is 2.10. The maximum Gasteiger partial charge on any atom is 0.396 e. The molecule has 0 unspecified atom stereocenters. The van der Waals surface area contributed by atoms with E-state index >= 15 is 0 Å². The highest BCUT2D eigenvalue weighted by Crippen LogP contribution is 2.18. The van der Waals surface area contributed by atoms with E-state index in [4.69, 9.17) is 0 Å². The van der Waals surface area contributed by atoms with Crippen molar-refractivity contribution in [2.45, 2.75) is 45.8 Å². The number of rotatable bonds is 5. The van der Waals surface area contributed by atoms with Gasteiger partial charge in [-0.15, -0.1) is 0 Å². The van der Waals surface area contributed by atoms with E-state index in [9.17, 15) is 8.78 Å². The Morgan fingerprint density at radius 1 is 1.22 bits per heavy atom. The van der Waals surface area contributed by atoms with E-state index in [1.165, 1.54) is 6.07 Å². The SMILES string of the molecule is CC(C)(C)NCCc1cccc(OC(C)(F)F)n1. The molecule has 1 heterocycles. The van der Waals surface area contributed by atoms with Gasteiger partial charge in [0.2, 0.25) is 5.88 Å². The van der Waals surface area contributed by atoms with Crippen LogP contribution in [0.4, 0.5) is 8.78 Å². The summed E-state index contributed by atoms with van der Waals surface area (Å²) >= 11 is 0. The number of alkyl halides is 2. The van der Waals surface area contributed by atoms with Gasteiger partial charge in [-0.05, 0) is 26.8 Å². The first-order valence-corrected chi connectivity index (χ1v) is 5.93. The Morgan fingerprint density at radius 3 is 2.44 bits per heavy atom. The lowest BCUT2D eigenvalue weighted by atomic mass is 10.1. The molecule has 5 heteroatoms. The number of aromatic nitrogens is 1. The summed E-state index contributed by atoms with van der Waals surface area (Å²) in [7, 11) is 0. The van der Waals surface area contributed by atoms with Crippen LogP contribution in [0.5, 0.6) is 5.88 Å². The van der Waals surface area contributed by atoms with Crippen molar-refractivity contribution in [3.63, 3.8) is 0 Å². The number of hydrogen-bond donors (Lipinski definition) is 1. The van der Waals surface area contributed by atoms with E-state index < -0.39 is 6.11 Å². The molecule has 18 heavy (non-hydrogen) atoms. The van der Waals surface area contributed by atoms with Gasteiger partial charge < -0.3 is 10.1 Å². The molecule has 0 aliphatic rings. The minimum absolute atomic E-state index is 0.0323. The number of nitrogens with one attached hydrogen (secondary N) is 1. The van der Waals surface area contributed by atoms with Gasteiger partial charge in [0.1, 0.15) is 0 Å². The monoisotopic (exact) mass is 258 g/mol. The smallest absolute Gasteiger partial charge is 0.396 e. The molecule has 0 radical (unpaired) electrons. The summed E-state index contributed by atoms with van der Waals surface area (Å²) in [5.74, 6) is -0.0456. The van der Waals surface area contributed by atoms with Crippen molar-refractivity contribution in [2.75, 3.05) is 6.54 Å². The Balaban J connectivity index is 2.55. The molecule has 3 nitrogen and oxygen atoms in total. The van der Waals surface area contributed by atoms with Crippen molar-refractivity contribution in [1.29, 1.82) is 0 Å². The largest absolute Gasteiger partial charge is 0.415 e. The summed E-state index contributed by atoms with van der Waals surface area (Å²) in [6, 6.07) is 4.89. The van der Waals surface area contributed by atoms with Crippen molar-refractivity contribution < 1.29 is 13.5 Å². The van der Waals surface area contributed by atoms with Crippen LogP contribution in [0.15, 0.2) is 18.2 Å². The van der Waals surface area contributed by atoms with Gasteiger partial charge >= 0.3 is 6.11 Å². The third kappa shape index (κ3) is 6.49. The van der Waals surface area contributed by atoms with E-state index in [2.05, 4.69) is 35.8 Å². The van der Waals surface area contributed by atoms with Crippen LogP contribution in [0.25, 0.3) is 0 Å². The Labute approximate surface area is 107 Å². The molecule has 1 aromatic heterocycles. The predicted octanol–water partition coefficient (Wildman–Crippen LogP) is 3.00. The molecule has 0 fully saturated rings. The standard InChI is InChI=1S/C13H20F2N2O/c1-12(2,3)16-9-8-10-6-5-7-11(17-10)18-13(4,14)15/h5-7,16H,8-9H2,1-4H3. The van der Waals surface area contributed by atoms with E-state index in [0.717, 1.165) is 12.2 Å². The molecule has 0 saturated carbocycles. The van der Waals surface area contributed by atoms with E-state index in [-0.39, 0.29) is 11.4 Å². The van der Waals surface area contributed by atoms with E-state index in [1.54, 1.807) is 12.1 Å². The Bertz CT molecular complexity index is 383. The Hall–Kier alpha value is -1.23. The number of halogens is 2. The second-order valence-corrected chi connectivity index (χ2v) is 5.30. The van der Waals surface area contributed by atoms with Crippen LogP contribution >= 0.6 is 0 Å². The van der Waals surface area contributed by atoms with Crippen LogP contribution in [-0.2, 0) is 6.42 Å². The molecule has 0 saturated heterocycles. The van der Waals surface area contributed by atoms with Gasteiger partial charge in [0, 0.05) is 37.2 Å². The van der Waals surface area contributed by atoms with Crippen LogP contribution in [-0.4, -0.2) is 23.2 Å². The van der Waals surface area contributed by atoms with Gasteiger partial charge in [0.05, 0.1) is 0 Å². The van der Waals surface area contributed by atoms with Crippen molar-refractivity contribution in [3.8, 4) is 5.88 Å². The summed E-state index contributed by atoms with van der Waals surface area (Å²) in [4.78, 5) is 4.04. The number of nitrogens with zero attached hydrogens (tertiary/aromatic N) is 1. The molecule has 0 amide bonds. The highest BCUT2D eigenvalue weighted by Gasteiger charge is 2.23. The topological polar surface area (TPSA) is 34.1 Å². The zero-order valence-electron chi connectivity index (χ0n) is 11.3. The van der Waals surface area contributed by atoms with Crippen molar-refractivity contribution in [1.82, 2.24) is 10.3 Å². The second kappa shape index (κ2) is 5.61. The lowest BCUT2D eigenvalue weighted by Gasteiger charge is -2.20. The summed E-state index contributed by atoms with van der Waals surface area (Å²) < 4.78 is 29.8. The normalized spacial score (nSPS) is 12.6. The lowest BCUT2D eigenvalue weighted by molar-refractivity contribution is -0.161. The first kappa shape index (κ1) is 14.8. The van der Waals surface area contributed by atoms with Crippen molar-refractivity contribution >= 4 is 0 Å². The summed E-state index contributed by atoms with van der Waals surface area (Å²) in [6.45, 7) is 7.64. The summed E-state index contributed by atoms with van der Waals surface area (Å²) in [5, 5.41) is 3.31. The molecular formula is C13H20F2N2O. The average molecular weight is 258 g/mol. The fourth-order valence-corrected chi connectivity index (χ4v) is 1.40. The van der Waals surface area contributed by atoms with E-state index in [0.29, 0.717) is 13.3 Å². The number of pyridine rings is 1. The average Bonchev–Trinajstić information content (AvgIpc) is 2.13. The minimum Gasteiger partial charge on any atom is -0.415 e. The molecule has 1 N–H and O–H groups in total. The fraction of sp³-hybridized carbons (Fsp3) is 0.615. The first-order valence-electron chi connectivity index (χ1n) is 5.93. The van der Waals surface area contributed by atoms with E-state index in [1.807, 2.05) is 0 Å². The van der Waals surface area contributed by atoms with Gasteiger partial charge in [0.15, 0.2) is 0 Å². The fourth-order valence-electron chi connectivity index (χ4n) is 1.40. The zero-order valence-corrected chi connectivity index (χ0v) is 11.3. The second-order valence-electron chi connectivity index (χ2n) is 5.30. The highest BCUT2D eigenvalue weighted by atomic mass is 19.3. The number of hydrogen-bond acceptors (Lipinski definition) is 3. The molecule has 0 atom stereocenters. The predicted molar refractivity (Wildman–Crippen MR) is 66.9 cm³/mol. The molecule has 1 rings (SSSR count). The third-order valence-corrected chi connectivity index (χ3v) is 2.10. The van der Waals surface area contributed by atoms with Gasteiger partial charge in [0.25, 0.3) is 0 Å².